The number of hydrogen-bond acceptors (Lipinski definition) is 15. The lowest BCUT2D eigenvalue weighted by Gasteiger charge is -2.24. The highest BCUT2D eigenvalue weighted by Crippen LogP contribution is 2.32. The number of amides is 1. The molecule has 322 valence electrons. The number of nitrogens with one attached hydrogen (secondary N) is 4. The first-order valence-corrected chi connectivity index (χ1v) is 21.3. The van der Waals surface area contributed by atoms with Gasteiger partial charge in [0.25, 0.3) is 5.88 Å². The number of alkyl halides is 1. The normalized spacial score (nSPS) is 20.1. The van der Waals surface area contributed by atoms with Crippen LogP contribution in [0.2, 0.25) is 0 Å². The standard InChI is InChI=1S/C40H46BrFN18O2/c1-21-8-9-30-26(11-21)47-31(13-44-38-53-40(51-34-24(41)12-46-60(34)38)57-15-23-7-6-10-43-27(23)18-57)59(30)14-22(2)36(61)49-28-19-58(16-25(28)42)39-50-33(32-35(52-39)55(3)20-45-32)48-29-17-56(4)54-37(29)62-5/h8-9,11-12,17,20,23,25,27-28,43H,2,6-7,10,13-16,18-19H2,1,3-5H3,(H,49,61)(H,44,51,53)(H,48,50,52)/t23-,25+,27+,28+/m0/s1. The number of piperidine rings is 1. The Balaban J connectivity index is 0.860. The molecule has 0 aliphatic carbocycles. The van der Waals surface area contributed by atoms with Crippen molar-refractivity contribution >= 4 is 79.0 Å². The fraction of sp³-hybridized carbons (Fsp3) is 0.425. The predicted octanol–water partition coefficient (Wildman–Crippen LogP) is 3.41. The minimum absolute atomic E-state index is 0.0293. The maximum absolute atomic E-state index is 15.8. The molecule has 1 amide bonds. The van der Waals surface area contributed by atoms with Gasteiger partial charge >= 0.3 is 0 Å². The highest BCUT2D eigenvalue weighted by molar-refractivity contribution is 9.10. The van der Waals surface area contributed by atoms with Gasteiger partial charge in [-0.3, -0.25) is 9.48 Å². The van der Waals surface area contributed by atoms with Gasteiger partial charge in [-0.15, -0.1) is 5.10 Å². The molecule has 9 heterocycles. The number of carbonyl (C=O) groups excluding carboxylic acids is 1. The van der Waals surface area contributed by atoms with E-state index in [0.29, 0.717) is 63.9 Å². The number of rotatable bonds is 12. The van der Waals surface area contributed by atoms with Crippen molar-refractivity contribution in [2.45, 2.75) is 51.1 Å². The van der Waals surface area contributed by atoms with E-state index >= 15 is 4.39 Å². The molecule has 10 rings (SSSR count). The van der Waals surface area contributed by atoms with Gasteiger partial charge in [-0.1, -0.05) is 12.6 Å². The van der Waals surface area contributed by atoms with E-state index in [2.05, 4.69) is 63.9 Å². The average Bonchev–Trinajstić information content (AvgIpc) is 4.13. The number of fused-ring (bicyclic) bond motifs is 4. The Morgan fingerprint density at radius 2 is 1.89 bits per heavy atom. The Labute approximate surface area is 363 Å². The SMILES string of the molecule is C=C(Cn1c(CNc2nc(N3C[C@@H]4CCCN[C@@H]4C3)nc3c(Br)cnn23)nc2cc(C)ccc21)C(=O)N[C@@H]1CN(c2nc(Nc3cn(C)nc3OC)c3ncn(C)c3n2)C[C@H]1F. The molecule has 4 N–H and O–H groups in total. The first kappa shape index (κ1) is 39.7. The topological polar surface area (TPSA) is 203 Å². The summed E-state index contributed by atoms with van der Waals surface area (Å²) in [6.07, 6.45) is 6.06. The molecule has 3 fully saturated rings. The zero-order chi connectivity index (χ0) is 42.8. The Bertz CT molecular complexity index is 2850. The van der Waals surface area contributed by atoms with Gasteiger partial charge in [-0.25, -0.2) is 14.4 Å². The Kier molecular flexibility index (Phi) is 10.1. The maximum Gasteiger partial charge on any atom is 0.256 e. The molecular formula is C40H46BrFN18O2. The van der Waals surface area contributed by atoms with Crippen LogP contribution in [-0.2, 0) is 32.0 Å². The Morgan fingerprint density at radius 3 is 2.73 bits per heavy atom. The third kappa shape index (κ3) is 7.29. The number of halogens is 2. The van der Waals surface area contributed by atoms with E-state index < -0.39 is 18.1 Å². The molecule has 4 atom stereocenters. The molecule has 0 spiro atoms. The summed E-state index contributed by atoms with van der Waals surface area (Å²) < 4.78 is 29.0. The van der Waals surface area contributed by atoms with Gasteiger partial charge < -0.3 is 44.9 Å². The molecule has 3 aliphatic rings. The fourth-order valence-electron chi connectivity index (χ4n) is 8.72. The number of hydrogen-bond donors (Lipinski definition) is 4. The molecule has 7 aromatic rings. The summed E-state index contributed by atoms with van der Waals surface area (Å²) in [6.45, 7) is 9.41. The van der Waals surface area contributed by atoms with Gasteiger partial charge in [-0.05, 0) is 65.9 Å². The van der Waals surface area contributed by atoms with Crippen molar-refractivity contribution in [3.05, 3.63) is 64.9 Å². The van der Waals surface area contributed by atoms with E-state index in [9.17, 15) is 4.79 Å². The van der Waals surface area contributed by atoms with Crippen molar-refractivity contribution in [2.75, 3.05) is 60.3 Å². The van der Waals surface area contributed by atoms with Gasteiger partial charge in [0.1, 0.15) is 17.7 Å². The molecule has 0 bridgehead atoms. The summed E-state index contributed by atoms with van der Waals surface area (Å²) in [5.74, 6) is 2.96. The van der Waals surface area contributed by atoms with Gasteiger partial charge in [0.15, 0.2) is 22.6 Å². The predicted molar refractivity (Wildman–Crippen MR) is 235 cm³/mol. The zero-order valence-corrected chi connectivity index (χ0v) is 36.3. The van der Waals surface area contributed by atoms with E-state index in [1.54, 1.807) is 44.4 Å². The minimum atomic E-state index is -1.40. The lowest BCUT2D eigenvalue weighted by atomic mass is 9.94. The number of nitrogens with zero attached hydrogens (tertiary/aromatic N) is 14. The van der Waals surface area contributed by atoms with Crippen LogP contribution in [0, 0.1) is 12.8 Å². The van der Waals surface area contributed by atoms with Crippen molar-refractivity contribution in [2.24, 2.45) is 20.0 Å². The maximum atomic E-state index is 15.8. The van der Waals surface area contributed by atoms with Crippen LogP contribution in [0.5, 0.6) is 5.88 Å². The summed E-state index contributed by atoms with van der Waals surface area (Å²) in [5, 5.41) is 22.1. The second-order valence-corrected chi connectivity index (χ2v) is 17.1. The van der Waals surface area contributed by atoms with Crippen molar-refractivity contribution < 1.29 is 13.9 Å². The lowest BCUT2D eigenvalue weighted by molar-refractivity contribution is -0.118. The third-order valence-corrected chi connectivity index (χ3v) is 12.4. The first-order chi connectivity index (χ1) is 30.0. The van der Waals surface area contributed by atoms with Crippen LogP contribution in [0.3, 0.4) is 0 Å². The Hall–Kier alpha value is -6.42. The minimum Gasteiger partial charge on any atom is -0.478 e. The molecule has 6 aromatic heterocycles. The number of aryl methyl sites for hydroxylation is 3. The Morgan fingerprint density at radius 1 is 1.06 bits per heavy atom. The molecule has 3 saturated heterocycles. The van der Waals surface area contributed by atoms with Crippen LogP contribution < -0.4 is 35.8 Å². The van der Waals surface area contributed by atoms with Crippen LogP contribution >= 0.6 is 15.9 Å². The van der Waals surface area contributed by atoms with Gasteiger partial charge in [0.05, 0.1) is 67.0 Å². The largest absolute Gasteiger partial charge is 0.478 e. The summed E-state index contributed by atoms with van der Waals surface area (Å²) in [6, 6.07) is 5.56. The summed E-state index contributed by atoms with van der Waals surface area (Å²) in [5.41, 5.74) is 5.20. The van der Waals surface area contributed by atoms with E-state index in [-0.39, 0.29) is 37.7 Å². The second-order valence-electron chi connectivity index (χ2n) is 16.3. The lowest BCUT2D eigenvalue weighted by Crippen LogP contribution is -2.42. The molecule has 22 heteroatoms. The van der Waals surface area contributed by atoms with Crippen LogP contribution in [0.4, 0.5) is 33.7 Å². The highest BCUT2D eigenvalue weighted by Gasteiger charge is 2.37. The van der Waals surface area contributed by atoms with Crippen molar-refractivity contribution in [3.8, 4) is 5.88 Å². The quantitative estimate of drug-likeness (QED) is 0.130. The van der Waals surface area contributed by atoms with E-state index in [1.165, 1.54) is 20.0 Å². The van der Waals surface area contributed by atoms with Crippen LogP contribution in [0.1, 0.15) is 24.2 Å². The number of ether oxygens (including phenoxy) is 1. The monoisotopic (exact) mass is 908 g/mol. The number of anilines is 5. The summed E-state index contributed by atoms with van der Waals surface area (Å²) in [4.78, 5) is 46.6. The number of aromatic nitrogens is 12. The van der Waals surface area contributed by atoms with E-state index in [0.717, 1.165) is 40.7 Å². The van der Waals surface area contributed by atoms with Gasteiger partial charge in [0.2, 0.25) is 23.8 Å². The van der Waals surface area contributed by atoms with Crippen LogP contribution in [0.15, 0.2) is 53.5 Å². The third-order valence-electron chi connectivity index (χ3n) is 11.9. The summed E-state index contributed by atoms with van der Waals surface area (Å²) in [7, 11) is 5.14. The number of carbonyl (C=O) groups is 1. The van der Waals surface area contributed by atoms with Crippen molar-refractivity contribution in [1.82, 2.24) is 69.1 Å². The fourth-order valence-corrected chi connectivity index (χ4v) is 9.07. The number of benzene rings is 1. The molecule has 20 nitrogen and oxygen atoms in total. The molecule has 62 heavy (non-hydrogen) atoms. The van der Waals surface area contributed by atoms with Gasteiger partial charge in [0, 0.05) is 45.3 Å². The molecule has 3 aliphatic heterocycles. The van der Waals surface area contributed by atoms with Crippen molar-refractivity contribution in [1.29, 1.82) is 0 Å². The first-order valence-electron chi connectivity index (χ1n) is 20.5. The second kappa shape index (κ2) is 15.8. The molecule has 0 radical (unpaired) electrons. The summed E-state index contributed by atoms with van der Waals surface area (Å²) >= 11 is 3.62. The number of imidazole rings is 2. The van der Waals surface area contributed by atoms with E-state index in [4.69, 9.17) is 29.7 Å². The molecule has 0 unspecified atom stereocenters. The zero-order valence-electron chi connectivity index (χ0n) is 34.7. The molecule has 0 saturated carbocycles. The number of methoxy groups -OCH3 is 1. The van der Waals surface area contributed by atoms with Crippen molar-refractivity contribution in [3.63, 3.8) is 0 Å². The van der Waals surface area contributed by atoms with Gasteiger partial charge in [-0.2, -0.15) is 29.5 Å². The highest BCUT2D eigenvalue weighted by atomic mass is 79.9. The van der Waals surface area contributed by atoms with E-state index in [1.807, 2.05) is 36.7 Å². The average molecular weight is 910 g/mol. The molecular weight excluding hydrogens is 863 g/mol. The van der Waals surface area contributed by atoms with Crippen LogP contribution in [0.25, 0.3) is 27.8 Å². The van der Waals surface area contributed by atoms with Crippen LogP contribution in [-0.4, -0.2) is 122 Å². The smallest absolute Gasteiger partial charge is 0.256 e. The molecule has 1 aromatic carbocycles.